The Kier molecular flexibility index (Phi) is 16.0. The van der Waals surface area contributed by atoms with Gasteiger partial charge in [-0.15, -0.1) is 0 Å². The third-order valence-corrected chi connectivity index (χ3v) is 5.74. The summed E-state index contributed by atoms with van der Waals surface area (Å²) in [6, 6.07) is 0. The molecule has 0 saturated carbocycles. The average molecular weight is 335 g/mol. The minimum absolute atomic E-state index is 0.349. The van der Waals surface area contributed by atoms with E-state index in [1.165, 1.54) is 68.4 Å². The molecule has 114 valence electrons. The van der Waals surface area contributed by atoms with E-state index in [0.29, 0.717) is 6.42 Å². The summed E-state index contributed by atoms with van der Waals surface area (Å²) in [4.78, 5) is 10.3. The molecule has 0 radical (unpaired) electrons. The van der Waals surface area contributed by atoms with E-state index in [1.54, 1.807) is 0 Å². The van der Waals surface area contributed by atoms with Crippen molar-refractivity contribution in [2.75, 3.05) is 0 Å². The van der Waals surface area contributed by atoms with Gasteiger partial charge in [0.25, 0.3) is 0 Å². The molecule has 0 heterocycles. The Labute approximate surface area is 125 Å². The van der Waals surface area contributed by atoms with E-state index in [-0.39, 0.29) is 0 Å². The van der Waals surface area contributed by atoms with Crippen LogP contribution in [0.3, 0.4) is 0 Å². The second-order valence-electron chi connectivity index (χ2n) is 5.29. The molecule has 2 nitrogen and oxygen atoms in total. The van der Waals surface area contributed by atoms with Crippen LogP contribution >= 0.6 is 0 Å². The topological polar surface area (TPSA) is 37.3 Å². The molecule has 0 saturated heterocycles. The fourth-order valence-corrected chi connectivity index (χ4v) is 4.24. The van der Waals surface area contributed by atoms with Crippen LogP contribution in [0.4, 0.5) is 0 Å². The van der Waals surface area contributed by atoms with Gasteiger partial charge in [-0.05, 0) is 0 Å². The number of aliphatic carboxylic acids is 1. The molecule has 0 amide bonds. The number of carbonyl (C=O) groups is 1. The summed E-state index contributed by atoms with van der Waals surface area (Å²) in [6.07, 6.45) is 14.7. The van der Waals surface area contributed by atoms with Crippen molar-refractivity contribution in [1.29, 1.82) is 0 Å². The quantitative estimate of drug-likeness (QED) is 0.325. The van der Waals surface area contributed by atoms with Gasteiger partial charge in [-0.25, -0.2) is 0 Å². The Morgan fingerprint density at radius 1 is 0.789 bits per heavy atom. The number of rotatable bonds is 15. The summed E-state index contributed by atoms with van der Waals surface area (Å²) in [6.45, 7) is 2.27. The molecule has 0 unspecified atom stereocenters. The van der Waals surface area contributed by atoms with Crippen LogP contribution < -0.4 is 0 Å². The van der Waals surface area contributed by atoms with Gasteiger partial charge in [-0.1, -0.05) is 0 Å². The molecule has 1 N–H and O–H groups in total. The van der Waals surface area contributed by atoms with Crippen molar-refractivity contribution >= 4 is 20.9 Å². The zero-order chi connectivity index (χ0) is 14.2. The van der Waals surface area contributed by atoms with E-state index in [0.717, 1.165) is 27.8 Å². The van der Waals surface area contributed by atoms with Gasteiger partial charge in [0.15, 0.2) is 0 Å². The molecule has 0 spiro atoms. The van der Waals surface area contributed by atoms with Crippen molar-refractivity contribution < 1.29 is 9.90 Å². The molecule has 0 atom stereocenters. The molecule has 3 heteroatoms. The van der Waals surface area contributed by atoms with Crippen molar-refractivity contribution in [2.24, 2.45) is 0 Å². The number of hydrogen-bond donors (Lipinski definition) is 1. The van der Waals surface area contributed by atoms with Gasteiger partial charge in [0.1, 0.15) is 0 Å². The van der Waals surface area contributed by atoms with E-state index in [1.807, 2.05) is 0 Å². The van der Waals surface area contributed by atoms with Crippen LogP contribution in [-0.4, -0.2) is 26.0 Å². The fraction of sp³-hybridized carbons (Fsp3) is 0.938. The third-order valence-electron chi connectivity index (χ3n) is 3.32. The molecule has 0 aliphatic carbocycles. The maximum absolute atomic E-state index is 10.3. The fourth-order valence-electron chi connectivity index (χ4n) is 2.10. The molecular formula is C16H32O2Se. The molecule has 0 aromatic heterocycles. The number of carboxylic acid groups (broad SMARTS) is 1. The molecule has 0 rings (SSSR count). The van der Waals surface area contributed by atoms with E-state index in [2.05, 4.69) is 6.92 Å². The summed E-state index contributed by atoms with van der Waals surface area (Å²) in [5, 5.41) is 11.4. The van der Waals surface area contributed by atoms with Gasteiger partial charge in [0.05, 0.1) is 0 Å². The SMILES string of the molecule is CCCCCCCC[Se]CCCCCCCC(=O)O. The molecular weight excluding hydrogens is 303 g/mol. The zero-order valence-corrected chi connectivity index (χ0v) is 14.4. The Morgan fingerprint density at radius 3 is 1.79 bits per heavy atom. The second-order valence-corrected chi connectivity index (χ2v) is 7.86. The van der Waals surface area contributed by atoms with Crippen molar-refractivity contribution in [3.8, 4) is 0 Å². The van der Waals surface area contributed by atoms with E-state index in [4.69, 9.17) is 5.11 Å². The predicted molar refractivity (Wildman–Crippen MR) is 84.1 cm³/mol. The van der Waals surface area contributed by atoms with E-state index in [9.17, 15) is 4.79 Å². The van der Waals surface area contributed by atoms with Gasteiger partial charge in [0.2, 0.25) is 0 Å². The first-order valence-corrected chi connectivity index (χ1v) is 10.5. The monoisotopic (exact) mass is 336 g/mol. The minimum atomic E-state index is -0.651. The van der Waals surface area contributed by atoms with E-state index < -0.39 is 5.97 Å². The van der Waals surface area contributed by atoms with Crippen molar-refractivity contribution in [3.05, 3.63) is 0 Å². The van der Waals surface area contributed by atoms with Crippen LogP contribution in [0.15, 0.2) is 0 Å². The predicted octanol–water partition coefficient (Wildman–Crippen LogP) is 5.31. The van der Waals surface area contributed by atoms with Gasteiger partial charge >= 0.3 is 125 Å². The van der Waals surface area contributed by atoms with Gasteiger partial charge in [-0.3, -0.25) is 0 Å². The first kappa shape index (κ1) is 19.0. The summed E-state index contributed by atoms with van der Waals surface area (Å²) in [7, 11) is 0. The Morgan fingerprint density at radius 2 is 1.26 bits per heavy atom. The van der Waals surface area contributed by atoms with E-state index >= 15 is 0 Å². The molecule has 0 fully saturated rings. The van der Waals surface area contributed by atoms with Crippen LogP contribution in [0.5, 0.6) is 0 Å². The normalized spacial score (nSPS) is 10.8. The second kappa shape index (κ2) is 16.0. The van der Waals surface area contributed by atoms with Crippen LogP contribution in [0.1, 0.15) is 84.0 Å². The van der Waals surface area contributed by atoms with Crippen molar-refractivity contribution in [3.63, 3.8) is 0 Å². The summed E-state index contributed by atoms with van der Waals surface area (Å²) in [5.41, 5.74) is 0. The Balaban J connectivity index is 2.93. The first-order valence-electron chi connectivity index (χ1n) is 8.07. The first-order chi connectivity index (χ1) is 9.27. The summed E-state index contributed by atoms with van der Waals surface area (Å²) in [5.74, 6) is -0.651. The van der Waals surface area contributed by atoms with Crippen LogP contribution in [0.2, 0.25) is 10.6 Å². The molecule has 0 bridgehead atoms. The van der Waals surface area contributed by atoms with Crippen molar-refractivity contribution in [1.82, 2.24) is 0 Å². The standard InChI is InChI=1S/C16H32O2Se/c1-2-3-4-5-8-11-14-19-15-12-9-6-7-10-13-16(17)18/h2-15H2,1H3,(H,17,18). The Hall–Kier alpha value is -0.0105. The number of hydrogen-bond acceptors (Lipinski definition) is 1. The number of carboxylic acids is 1. The van der Waals surface area contributed by atoms with Gasteiger partial charge < -0.3 is 0 Å². The molecule has 0 aliphatic rings. The zero-order valence-electron chi connectivity index (χ0n) is 12.7. The van der Waals surface area contributed by atoms with Crippen LogP contribution in [0.25, 0.3) is 0 Å². The summed E-state index contributed by atoms with van der Waals surface area (Å²) >= 11 is 0.867. The molecule has 0 aliphatic heterocycles. The third kappa shape index (κ3) is 18.0. The molecule has 19 heavy (non-hydrogen) atoms. The van der Waals surface area contributed by atoms with Crippen molar-refractivity contribution in [2.45, 2.75) is 94.6 Å². The average Bonchev–Trinajstić information content (AvgIpc) is 2.39. The maximum atomic E-state index is 10.3. The van der Waals surface area contributed by atoms with Gasteiger partial charge in [0, 0.05) is 0 Å². The summed E-state index contributed by atoms with van der Waals surface area (Å²) < 4.78 is 0. The molecule has 0 aromatic carbocycles. The molecule has 0 aromatic rings. The van der Waals surface area contributed by atoms with Gasteiger partial charge in [-0.2, -0.15) is 0 Å². The van der Waals surface area contributed by atoms with Crippen LogP contribution in [0, 0.1) is 0 Å². The van der Waals surface area contributed by atoms with Crippen LogP contribution in [-0.2, 0) is 4.79 Å². The number of unbranched alkanes of at least 4 members (excludes halogenated alkanes) is 9. The Bertz CT molecular complexity index is 195.